The van der Waals surface area contributed by atoms with E-state index in [1.807, 2.05) is 37.3 Å². The summed E-state index contributed by atoms with van der Waals surface area (Å²) in [6.45, 7) is 1.85. The Kier molecular flexibility index (Phi) is 8.76. The van der Waals surface area contributed by atoms with Crippen molar-refractivity contribution in [1.29, 1.82) is 0 Å². The van der Waals surface area contributed by atoms with Gasteiger partial charge in [0.15, 0.2) is 5.13 Å². The highest BCUT2D eigenvalue weighted by atomic mass is 35.5. The van der Waals surface area contributed by atoms with Crippen molar-refractivity contribution in [2.75, 3.05) is 23.8 Å². The minimum absolute atomic E-state index is 0.0838. The summed E-state index contributed by atoms with van der Waals surface area (Å²) in [5, 5.41) is 5.14. The lowest BCUT2D eigenvalue weighted by Crippen LogP contribution is -2.31. The fourth-order valence-electron chi connectivity index (χ4n) is 3.98. The van der Waals surface area contributed by atoms with Crippen molar-refractivity contribution >= 4 is 43.8 Å². The van der Waals surface area contributed by atoms with Gasteiger partial charge in [0.1, 0.15) is 22.2 Å². The van der Waals surface area contributed by atoms with Crippen molar-refractivity contribution in [3.63, 3.8) is 0 Å². The molecular weight excluding hydrogens is 549 g/mol. The van der Waals surface area contributed by atoms with Gasteiger partial charge in [0.25, 0.3) is 10.0 Å². The van der Waals surface area contributed by atoms with Crippen LogP contribution in [0.2, 0.25) is 5.02 Å². The molecule has 0 amide bonds. The quantitative estimate of drug-likeness (QED) is 0.209. The number of rotatable bonds is 11. The molecule has 1 unspecified atom stereocenters. The zero-order chi connectivity index (χ0) is 27.3. The van der Waals surface area contributed by atoms with E-state index in [0.717, 1.165) is 33.3 Å². The van der Waals surface area contributed by atoms with Crippen LogP contribution in [0.4, 0.5) is 15.2 Å². The van der Waals surface area contributed by atoms with Gasteiger partial charge in [0.05, 0.1) is 37.5 Å². The van der Waals surface area contributed by atoms with Gasteiger partial charge in [-0.1, -0.05) is 48.9 Å². The van der Waals surface area contributed by atoms with Crippen LogP contribution in [0.15, 0.2) is 77.1 Å². The minimum atomic E-state index is -4.41. The molecule has 3 aromatic carbocycles. The largest absolute Gasteiger partial charge is 0.497 e. The highest BCUT2D eigenvalue weighted by molar-refractivity contribution is 7.93. The van der Waals surface area contributed by atoms with E-state index >= 15 is 4.39 Å². The Hall–Kier alpha value is -3.34. The summed E-state index contributed by atoms with van der Waals surface area (Å²) in [7, 11) is -1.41. The summed E-state index contributed by atoms with van der Waals surface area (Å²) in [6.07, 6.45) is 2.20. The lowest BCUT2D eigenvalue weighted by atomic mass is 10.0. The molecule has 38 heavy (non-hydrogen) atoms. The molecule has 0 saturated carbocycles. The first-order valence-electron chi connectivity index (χ1n) is 11.7. The maximum Gasteiger partial charge on any atom is 0.269 e. The van der Waals surface area contributed by atoms with Crippen LogP contribution in [0, 0.1) is 5.82 Å². The van der Waals surface area contributed by atoms with Crippen LogP contribution in [0.1, 0.15) is 30.5 Å². The number of hydrogen-bond donors (Lipinski definition) is 1. The molecule has 0 fully saturated rings. The standard InChI is InChI=1S/C27H27ClFN3O4S2/c1-4-23(18-8-6-5-7-9-18)31-24-16-22(29)26(15-21(24)28)38(33,34)32(27-30-12-13-37-27)17-19-10-11-20(35-2)14-25(19)36-3/h5-16,23,31H,4,17H2,1-3H3. The van der Waals surface area contributed by atoms with Crippen molar-refractivity contribution in [2.24, 2.45) is 0 Å². The van der Waals surface area contributed by atoms with Crippen molar-refractivity contribution in [1.82, 2.24) is 4.98 Å². The van der Waals surface area contributed by atoms with E-state index in [9.17, 15) is 8.42 Å². The average molecular weight is 576 g/mol. The molecule has 0 aliphatic carbocycles. The summed E-state index contributed by atoms with van der Waals surface area (Å²) < 4.78 is 54.9. The van der Waals surface area contributed by atoms with Crippen molar-refractivity contribution in [3.8, 4) is 11.5 Å². The van der Waals surface area contributed by atoms with Gasteiger partial charge in [0.2, 0.25) is 0 Å². The summed E-state index contributed by atoms with van der Waals surface area (Å²) in [6, 6.07) is 16.8. The van der Waals surface area contributed by atoms with Gasteiger partial charge < -0.3 is 14.8 Å². The van der Waals surface area contributed by atoms with Gasteiger partial charge in [-0.2, -0.15) is 0 Å². The van der Waals surface area contributed by atoms with Crippen LogP contribution in [0.25, 0.3) is 0 Å². The van der Waals surface area contributed by atoms with Gasteiger partial charge in [0, 0.05) is 23.2 Å². The highest BCUT2D eigenvalue weighted by Crippen LogP contribution is 2.36. The average Bonchev–Trinajstić information content (AvgIpc) is 3.46. The molecule has 4 aromatic rings. The first-order valence-corrected chi connectivity index (χ1v) is 14.4. The molecule has 7 nitrogen and oxygen atoms in total. The Bertz CT molecular complexity index is 1490. The van der Waals surface area contributed by atoms with E-state index in [1.165, 1.54) is 20.4 Å². The molecule has 0 saturated heterocycles. The van der Waals surface area contributed by atoms with Crippen LogP contribution in [-0.4, -0.2) is 27.6 Å². The monoisotopic (exact) mass is 575 g/mol. The molecule has 0 bridgehead atoms. The Morgan fingerprint density at radius 3 is 2.50 bits per heavy atom. The Labute approximate surface area is 230 Å². The Balaban J connectivity index is 1.71. The second-order valence-corrected chi connectivity index (χ2v) is 11.4. The maximum absolute atomic E-state index is 15.5. The lowest BCUT2D eigenvalue weighted by molar-refractivity contribution is 0.391. The summed E-state index contributed by atoms with van der Waals surface area (Å²) in [5.41, 5.74) is 1.86. The molecule has 0 aliphatic rings. The number of ether oxygens (including phenoxy) is 2. The molecule has 1 aromatic heterocycles. The van der Waals surface area contributed by atoms with E-state index in [0.29, 0.717) is 29.2 Å². The van der Waals surface area contributed by atoms with E-state index in [4.69, 9.17) is 21.1 Å². The Morgan fingerprint density at radius 2 is 1.87 bits per heavy atom. The molecule has 0 spiro atoms. The summed E-state index contributed by atoms with van der Waals surface area (Å²) in [4.78, 5) is 3.63. The molecular formula is C27H27ClFN3O4S2. The first kappa shape index (κ1) is 27.7. The third-order valence-electron chi connectivity index (χ3n) is 5.97. The fraction of sp³-hybridized carbons (Fsp3) is 0.222. The third-order valence-corrected chi connectivity index (χ3v) is 8.94. The Morgan fingerprint density at radius 1 is 1.11 bits per heavy atom. The molecule has 200 valence electrons. The fourth-order valence-corrected chi connectivity index (χ4v) is 6.61. The predicted molar refractivity (Wildman–Crippen MR) is 150 cm³/mol. The summed E-state index contributed by atoms with van der Waals surface area (Å²) >= 11 is 7.63. The van der Waals surface area contributed by atoms with Crippen LogP contribution < -0.4 is 19.1 Å². The minimum Gasteiger partial charge on any atom is -0.497 e. The van der Waals surface area contributed by atoms with Gasteiger partial charge in [-0.3, -0.25) is 0 Å². The van der Waals surface area contributed by atoms with Crippen LogP contribution in [-0.2, 0) is 16.6 Å². The molecule has 1 N–H and O–H groups in total. The first-order chi connectivity index (χ1) is 18.3. The number of nitrogens with zero attached hydrogens (tertiary/aromatic N) is 2. The van der Waals surface area contributed by atoms with Crippen LogP contribution >= 0.6 is 22.9 Å². The van der Waals surface area contributed by atoms with Gasteiger partial charge in [-0.15, -0.1) is 11.3 Å². The highest BCUT2D eigenvalue weighted by Gasteiger charge is 2.32. The second-order valence-electron chi connectivity index (χ2n) is 8.28. The second kappa shape index (κ2) is 12.0. The molecule has 0 aliphatic heterocycles. The zero-order valence-corrected chi connectivity index (χ0v) is 23.4. The number of hydrogen-bond acceptors (Lipinski definition) is 7. The number of thiazole rings is 1. The van der Waals surface area contributed by atoms with Gasteiger partial charge in [-0.25, -0.2) is 22.1 Å². The molecule has 11 heteroatoms. The molecule has 1 heterocycles. The number of halogens is 2. The number of anilines is 2. The molecule has 1 atom stereocenters. The number of methoxy groups -OCH3 is 2. The number of sulfonamides is 1. The maximum atomic E-state index is 15.5. The van der Waals surface area contributed by atoms with Crippen LogP contribution in [0.5, 0.6) is 11.5 Å². The normalized spacial score (nSPS) is 12.1. The van der Waals surface area contributed by atoms with Crippen molar-refractivity contribution in [2.45, 2.75) is 30.8 Å². The lowest BCUT2D eigenvalue weighted by Gasteiger charge is -2.24. The smallest absolute Gasteiger partial charge is 0.269 e. The topological polar surface area (TPSA) is 80.8 Å². The number of nitrogens with one attached hydrogen (secondary N) is 1. The summed E-state index contributed by atoms with van der Waals surface area (Å²) in [5.74, 6) is 0.0461. The zero-order valence-electron chi connectivity index (χ0n) is 21.0. The van der Waals surface area contributed by atoms with E-state index in [1.54, 1.807) is 23.6 Å². The van der Waals surface area contributed by atoms with E-state index in [-0.39, 0.29) is 22.7 Å². The van der Waals surface area contributed by atoms with Crippen LogP contribution in [0.3, 0.4) is 0 Å². The van der Waals surface area contributed by atoms with Crippen molar-refractivity contribution < 1.29 is 22.3 Å². The van der Waals surface area contributed by atoms with Gasteiger partial charge >= 0.3 is 0 Å². The van der Waals surface area contributed by atoms with Gasteiger partial charge in [-0.05, 0) is 36.2 Å². The SMILES string of the molecule is CCC(Nc1cc(F)c(S(=O)(=O)N(Cc2ccc(OC)cc2OC)c2nccs2)cc1Cl)c1ccccc1. The molecule has 4 rings (SSSR count). The third kappa shape index (κ3) is 5.87. The van der Waals surface area contributed by atoms with Crippen molar-refractivity contribution in [3.05, 3.63) is 94.2 Å². The van der Waals surface area contributed by atoms with E-state index < -0.39 is 20.7 Å². The number of aromatic nitrogens is 1. The number of benzene rings is 3. The van der Waals surface area contributed by atoms with E-state index in [2.05, 4.69) is 10.3 Å². The molecule has 0 radical (unpaired) electrons. The predicted octanol–water partition coefficient (Wildman–Crippen LogP) is 6.91.